The number of rotatable bonds is 102. The zero-order chi connectivity index (χ0) is 86.0. The van der Waals surface area contributed by atoms with Crippen LogP contribution in [0.15, 0.2) is 0 Å². The minimum absolute atomic E-state index is 0.0543. The zero-order valence-corrected chi connectivity index (χ0v) is 82.8. The molecule has 0 aromatic heterocycles. The fourth-order valence-electron chi connectivity index (χ4n) is 19.1. The van der Waals surface area contributed by atoms with Gasteiger partial charge in [-0.1, -0.05) is 601 Å². The molecule has 0 aliphatic heterocycles. The molecule has 0 aromatic carbocycles. The zero-order valence-electron chi connectivity index (χ0n) is 82.8. The molecular weight excluding hydrogens is 1440 g/mol. The van der Waals surface area contributed by atoms with Gasteiger partial charge in [0, 0.05) is 6.42 Å². The van der Waals surface area contributed by atoms with E-state index < -0.39 is 17.5 Å². The van der Waals surface area contributed by atoms with Gasteiger partial charge in [0.15, 0.2) is 6.10 Å². The summed E-state index contributed by atoms with van der Waals surface area (Å²) in [5.74, 6) is -0.557. The van der Waals surface area contributed by atoms with E-state index in [0.29, 0.717) is 18.8 Å². The van der Waals surface area contributed by atoms with E-state index >= 15 is 0 Å². The summed E-state index contributed by atoms with van der Waals surface area (Å²) in [5, 5.41) is 11.2. The molecule has 0 rings (SSSR count). The van der Waals surface area contributed by atoms with Gasteiger partial charge in [0.05, 0.1) is 5.41 Å². The third kappa shape index (κ3) is 87.9. The fraction of sp³-hybridized carbons (Fsp3) is 0.973. The molecule has 118 heavy (non-hydrogen) atoms. The van der Waals surface area contributed by atoms with Crippen LogP contribution in [0.4, 0.5) is 0 Å². The quantitative estimate of drug-likeness (QED) is 0.0482. The molecule has 0 saturated heterocycles. The second-order valence-electron chi connectivity index (χ2n) is 39.0. The summed E-state index contributed by atoms with van der Waals surface area (Å²) in [7, 11) is 0. The lowest BCUT2D eigenvalue weighted by Crippen LogP contribution is -2.39. The van der Waals surface area contributed by atoms with Gasteiger partial charge in [-0.25, -0.2) is 4.79 Å². The Hall–Kier alpha value is -1.59. The number of aliphatic carboxylic acids is 1. The number of ether oxygens (including phenoxy) is 2. The molecule has 6 nitrogen and oxygen atoms in total. The first-order valence-electron chi connectivity index (χ1n) is 55.8. The van der Waals surface area contributed by atoms with Crippen LogP contribution in [0.5, 0.6) is 0 Å². The van der Waals surface area contributed by atoms with E-state index in [2.05, 4.69) is 55.4 Å². The van der Waals surface area contributed by atoms with E-state index in [1.807, 2.05) is 0 Å². The van der Waals surface area contributed by atoms with Crippen molar-refractivity contribution in [1.29, 1.82) is 0 Å². The van der Waals surface area contributed by atoms with Crippen LogP contribution in [0.1, 0.15) is 678 Å². The van der Waals surface area contributed by atoms with Gasteiger partial charge in [-0.3, -0.25) is 9.59 Å². The van der Waals surface area contributed by atoms with Crippen LogP contribution >= 0.6 is 0 Å². The van der Waals surface area contributed by atoms with Gasteiger partial charge < -0.3 is 14.6 Å². The third-order valence-electron chi connectivity index (χ3n) is 27.4. The first-order chi connectivity index (χ1) is 58.2. The highest BCUT2D eigenvalue weighted by atomic mass is 16.6. The molecule has 0 aliphatic rings. The Balaban J connectivity index is 0. The van der Waals surface area contributed by atoms with E-state index in [1.54, 1.807) is 0 Å². The summed E-state index contributed by atoms with van der Waals surface area (Å²) in [4.78, 5) is 40.6. The highest BCUT2D eigenvalue weighted by Crippen LogP contribution is 2.45. The van der Waals surface area contributed by atoms with Crippen LogP contribution in [0.2, 0.25) is 0 Å². The van der Waals surface area contributed by atoms with E-state index in [1.165, 1.54) is 520 Å². The Bertz CT molecular complexity index is 1880. The van der Waals surface area contributed by atoms with Gasteiger partial charge in [-0.15, -0.1) is 0 Å². The van der Waals surface area contributed by atoms with Crippen LogP contribution in [0.3, 0.4) is 0 Å². The summed E-state index contributed by atoms with van der Waals surface area (Å²) in [6, 6.07) is 0. The molecule has 0 amide bonds. The number of hydrogen-bond acceptors (Lipinski definition) is 5. The third-order valence-corrected chi connectivity index (χ3v) is 27.4. The van der Waals surface area contributed by atoms with Gasteiger partial charge in [-0.05, 0) is 76.5 Å². The number of carbonyl (C=O) groups is 3. The van der Waals surface area contributed by atoms with Crippen molar-refractivity contribution < 1.29 is 29.0 Å². The molecule has 0 heterocycles. The Morgan fingerprint density at radius 3 is 0.576 bits per heavy atom. The highest BCUT2D eigenvalue weighted by molar-refractivity contribution is 5.79. The van der Waals surface area contributed by atoms with Crippen molar-refractivity contribution in [2.45, 2.75) is 690 Å². The number of carboxylic acids is 1. The van der Waals surface area contributed by atoms with Crippen molar-refractivity contribution in [3.63, 3.8) is 0 Å². The predicted octanol–water partition coefficient (Wildman–Crippen LogP) is 40.5. The Morgan fingerprint density at radius 2 is 0.373 bits per heavy atom. The predicted molar refractivity (Wildman–Crippen MR) is 527 cm³/mol. The average molecular weight is 1670 g/mol. The fourth-order valence-corrected chi connectivity index (χ4v) is 19.1. The second-order valence-corrected chi connectivity index (χ2v) is 39.0. The van der Waals surface area contributed by atoms with E-state index in [-0.39, 0.29) is 18.0 Å². The van der Waals surface area contributed by atoms with Crippen LogP contribution < -0.4 is 0 Å². The van der Waals surface area contributed by atoms with E-state index in [4.69, 9.17) is 9.47 Å². The smallest absolute Gasteiger partial charge is 0.347 e. The Labute approximate surface area is 744 Å². The van der Waals surface area contributed by atoms with Gasteiger partial charge in [0.25, 0.3) is 0 Å². The molecule has 0 spiro atoms. The molecule has 0 radical (unpaired) electrons. The molecule has 706 valence electrons. The molecule has 0 fully saturated rings. The number of esters is 2. The highest BCUT2D eigenvalue weighted by Gasteiger charge is 2.44. The van der Waals surface area contributed by atoms with Gasteiger partial charge in [0.2, 0.25) is 0 Å². The molecular formula is C112H222O6. The standard InChI is InChI=1S/C56H110O4.C56H112O2/c1-5-9-13-17-21-24-26-28-30-32-34-37-40-44-48-52-55(57)60-54(51-47-43-39-36-33-31-29-27-25-22-18-14-10-6-2)56(58)59-53(49-45-41-20-16-12-8-4)50-46-42-38-35-23-19-15-11-7-3;1-5-9-13-17-21-24-27-29-30-31-33-35-38-41-45-49-53-56(55(57)58,52-48-44-40-37-26-23-19-15-11-7-3)54(50-46-42-20-16-12-8-4)51-47-43-39-36-34-32-28-25-22-18-14-10-6-2/h53-54H,5-52H2,1-4H3;54H,5-53H2,1-4H3,(H,57,58). The summed E-state index contributed by atoms with van der Waals surface area (Å²) in [6.07, 6.45) is 124. The van der Waals surface area contributed by atoms with Crippen LogP contribution in [0, 0.1) is 11.3 Å². The first kappa shape index (κ1) is 118. The van der Waals surface area contributed by atoms with Crippen LogP contribution in [-0.2, 0) is 23.9 Å². The lowest BCUT2D eigenvalue weighted by Gasteiger charge is -2.38. The van der Waals surface area contributed by atoms with Gasteiger partial charge >= 0.3 is 17.9 Å². The molecule has 0 saturated carbocycles. The summed E-state index contributed by atoms with van der Waals surface area (Å²) in [5.41, 5.74) is -0.503. The van der Waals surface area contributed by atoms with E-state index in [0.717, 1.165) is 89.9 Å². The molecule has 0 aromatic rings. The minimum Gasteiger partial charge on any atom is -0.481 e. The maximum absolute atomic E-state index is 13.8. The Kier molecular flexibility index (Phi) is 103. The molecule has 6 heteroatoms. The second kappa shape index (κ2) is 102. The maximum Gasteiger partial charge on any atom is 0.347 e. The van der Waals surface area contributed by atoms with Gasteiger partial charge in [0.1, 0.15) is 6.10 Å². The summed E-state index contributed by atoms with van der Waals surface area (Å²) < 4.78 is 12.3. The topological polar surface area (TPSA) is 89.9 Å². The molecule has 4 atom stereocenters. The van der Waals surface area contributed by atoms with Gasteiger partial charge in [-0.2, -0.15) is 0 Å². The Morgan fingerprint density at radius 1 is 0.203 bits per heavy atom. The summed E-state index contributed by atoms with van der Waals surface area (Å²) in [6.45, 7) is 18.3. The first-order valence-corrected chi connectivity index (χ1v) is 55.8. The SMILES string of the molecule is CCCCCCCCCCCCCCCCCC(=O)OC(CCCCCCCCCCCCCCCC)C(=O)OC(CCCCCCCC)CCCCCCCCCCC.CCCCCCCCCCCCCCCCCCC(CCCCCCCCCCCC)(C(=O)O)C(CCCCCCCC)CCCCCCCCCCCCCCC. The number of carbonyl (C=O) groups excluding carboxylic acids is 2. The lowest BCUT2D eigenvalue weighted by atomic mass is 9.65. The van der Waals surface area contributed by atoms with Crippen molar-refractivity contribution in [2.75, 3.05) is 0 Å². The minimum atomic E-state index is -0.749. The van der Waals surface area contributed by atoms with Crippen molar-refractivity contribution in [3.8, 4) is 0 Å². The molecule has 4 unspecified atom stereocenters. The average Bonchev–Trinajstić information content (AvgIpc) is 0.807. The maximum atomic E-state index is 13.8. The molecule has 0 bridgehead atoms. The van der Waals surface area contributed by atoms with Crippen molar-refractivity contribution >= 4 is 17.9 Å². The lowest BCUT2D eigenvalue weighted by molar-refractivity contribution is -0.172. The molecule has 0 aliphatic carbocycles. The molecule has 1 N–H and O–H groups in total. The normalized spacial score (nSPS) is 12.9. The van der Waals surface area contributed by atoms with Crippen molar-refractivity contribution in [3.05, 3.63) is 0 Å². The van der Waals surface area contributed by atoms with Crippen LogP contribution in [0.25, 0.3) is 0 Å². The van der Waals surface area contributed by atoms with Crippen molar-refractivity contribution in [2.24, 2.45) is 11.3 Å². The van der Waals surface area contributed by atoms with Crippen molar-refractivity contribution in [1.82, 2.24) is 0 Å². The van der Waals surface area contributed by atoms with E-state index in [9.17, 15) is 19.5 Å². The van der Waals surface area contributed by atoms with Crippen LogP contribution in [-0.4, -0.2) is 35.2 Å². The largest absolute Gasteiger partial charge is 0.481 e. The number of unbranched alkanes of at least 4 members (excludes halogenated alkanes) is 81. The summed E-state index contributed by atoms with van der Waals surface area (Å²) >= 11 is 0. The monoisotopic (exact) mass is 1660 g/mol. The number of hydrogen-bond donors (Lipinski definition) is 1. The number of carboxylic acid groups (broad SMARTS) is 1.